The standard InChI is InChI=1S/C21H20ClN3O3S/c22-17-8-6-16(7-9-17)20-19(21(26)23-18-10-11-29(27,28)14-18)13-25(24-20)12-15-4-2-1-3-5-15/h1-9,13,18H,10-12,14H2,(H,23,26). The summed E-state index contributed by atoms with van der Waals surface area (Å²) in [5, 5.41) is 8.07. The largest absolute Gasteiger partial charge is 0.348 e. The summed E-state index contributed by atoms with van der Waals surface area (Å²) in [5.74, 6) is -0.237. The summed E-state index contributed by atoms with van der Waals surface area (Å²) in [6.45, 7) is 0.520. The van der Waals surface area contributed by atoms with E-state index in [1.165, 1.54) is 0 Å². The molecular formula is C21H20ClN3O3S. The molecular weight excluding hydrogens is 410 g/mol. The summed E-state index contributed by atoms with van der Waals surface area (Å²) in [5.41, 5.74) is 2.78. The minimum atomic E-state index is -3.08. The Balaban J connectivity index is 1.64. The molecule has 1 aliphatic rings. The zero-order valence-electron chi connectivity index (χ0n) is 15.6. The van der Waals surface area contributed by atoms with Crippen molar-refractivity contribution < 1.29 is 13.2 Å². The van der Waals surface area contributed by atoms with Gasteiger partial charge in [0.15, 0.2) is 9.84 Å². The molecule has 0 saturated carbocycles. The van der Waals surface area contributed by atoms with E-state index in [1.807, 2.05) is 42.5 Å². The molecule has 4 rings (SSSR count). The SMILES string of the molecule is O=C(NC1CCS(=O)(=O)C1)c1cn(Cc2ccccc2)nc1-c1ccc(Cl)cc1. The number of hydrogen-bond donors (Lipinski definition) is 1. The second-order valence-corrected chi connectivity index (χ2v) is 9.82. The van der Waals surface area contributed by atoms with E-state index < -0.39 is 9.84 Å². The molecule has 1 N–H and O–H groups in total. The Kier molecular flexibility index (Phi) is 5.43. The highest BCUT2D eigenvalue weighted by Crippen LogP contribution is 2.25. The third-order valence-electron chi connectivity index (χ3n) is 4.88. The summed E-state index contributed by atoms with van der Waals surface area (Å²) in [6, 6.07) is 16.6. The molecule has 3 aromatic rings. The van der Waals surface area contributed by atoms with Gasteiger partial charge in [-0.15, -0.1) is 0 Å². The smallest absolute Gasteiger partial charge is 0.255 e. The van der Waals surface area contributed by atoms with Gasteiger partial charge < -0.3 is 5.32 Å². The van der Waals surface area contributed by atoms with Crippen LogP contribution >= 0.6 is 11.6 Å². The molecule has 2 aromatic carbocycles. The molecule has 0 bridgehead atoms. The highest BCUT2D eigenvalue weighted by atomic mass is 35.5. The number of nitrogens with one attached hydrogen (secondary N) is 1. The number of nitrogens with zero attached hydrogens (tertiary/aromatic N) is 2. The van der Waals surface area contributed by atoms with Gasteiger partial charge in [0, 0.05) is 22.8 Å². The van der Waals surface area contributed by atoms with E-state index in [4.69, 9.17) is 11.6 Å². The highest BCUT2D eigenvalue weighted by Gasteiger charge is 2.30. The first-order chi connectivity index (χ1) is 13.9. The average Bonchev–Trinajstić information content (AvgIpc) is 3.26. The van der Waals surface area contributed by atoms with Crippen LogP contribution in [-0.2, 0) is 16.4 Å². The van der Waals surface area contributed by atoms with Gasteiger partial charge >= 0.3 is 0 Å². The fourth-order valence-electron chi connectivity index (χ4n) is 3.43. The Morgan fingerprint density at radius 2 is 1.86 bits per heavy atom. The number of sulfone groups is 1. The molecule has 29 heavy (non-hydrogen) atoms. The second-order valence-electron chi connectivity index (χ2n) is 7.15. The quantitative estimate of drug-likeness (QED) is 0.675. The molecule has 1 saturated heterocycles. The number of amides is 1. The second kappa shape index (κ2) is 8.00. The van der Waals surface area contributed by atoms with E-state index >= 15 is 0 Å². The van der Waals surface area contributed by atoms with Crippen LogP contribution in [0.25, 0.3) is 11.3 Å². The van der Waals surface area contributed by atoms with E-state index in [-0.39, 0.29) is 23.5 Å². The number of carbonyl (C=O) groups excluding carboxylic acids is 1. The van der Waals surface area contributed by atoms with Gasteiger partial charge in [0.2, 0.25) is 0 Å². The van der Waals surface area contributed by atoms with Crippen molar-refractivity contribution in [3.05, 3.63) is 76.9 Å². The third kappa shape index (κ3) is 4.68. The van der Waals surface area contributed by atoms with E-state index in [9.17, 15) is 13.2 Å². The van der Waals surface area contributed by atoms with Gasteiger partial charge in [-0.2, -0.15) is 5.10 Å². The number of benzene rings is 2. The van der Waals surface area contributed by atoms with Crippen molar-refractivity contribution >= 4 is 27.3 Å². The van der Waals surface area contributed by atoms with Crippen LogP contribution in [0.3, 0.4) is 0 Å². The highest BCUT2D eigenvalue weighted by molar-refractivity contribution is 7.91. The first kappa shape index (κ1) is 19.7. The lowest BCUT2D eigenvalue weighted by Gasteiger charge is -2.10. The van der Waals surface area contributed by atoms with Crippen LogP contribution in [0.4, 0.5) is 0 Å². The molecule has 1 fully saturated rings. The van der Waals surface area contributed by atoms with Gasteiger partial charge in [0.25, 0.3) is 5.91 Å². The predicted molar refractivity (Wildman–Crippen MR) is 113 cm³/mol. The zero-order valence-corrected chi connectivity index (χ0v) is 17.2. The molecule has 0 aliphatic carbocycles. The molecule has 8 heteroatoms. The van der Waals surface area contributed by atoms with Gasteiger partial charge in [-0.3, -0.25) is 9.48 Å². The Bertz CT molecular complexity index is 1130. The molecule has 1 aliphatic heterocycles. The number of rotatable bonds is 5. The predicted octanol–water partition coefficient (Wildman–Crippen LogP) is 3.17. The number of halogens is 1. The molecule has 1 atom stereocenters. The van der Waals surface area contributed by atoms with Gasteiger partial charge in [0.05, 0.1) is 23.6 Å². The third-order valence-corrected chi connectivity index (χ3v) is 6.90. The van der Waals surface area contributed by atoms with Crippen LogP contribution in [0.5, 0.6) is 0 Å². The normalized spacial score (nSPS) is 17.9. The number of aromatic nitrogens is 2. The lowest BCUT2D eigenvalue weighted by Crippen LogP contribution is -2.35. The van der Waals surface area contributed by atoms with Crippen molar-refractivity contribution in [1.29, 1.82) is 0 Å². The number of hydrogen-bond acceptors (Lipinski definition) is 4. The van der Waals surface area contributed by atoms with E-state index in [0.29, 0.717) is 29.2 Å². The van der Waals surface area contributed by atoms with E-state index in [2.05, 4.69) is 10.4 Å². The fraction of sp³-hybridized carbons (Fsp3) is 0.238. The van der Waals surface area contributed by atoms with Gasteiger partial charge in [-0.1, -0.05) is 54.1 Å². The zero-order chi connectivity index (χ0) is 20.4. The molecule has 150 valence electrons. The Morgan fingerprint density at radius 1 is 1.14 bits per heavy atom. The van der Waals surface area contributed by atoms with Crippen LogP contribution in [0.15, 0.2) is 60.8 Å². The molecule has 6 nitrogen and oxygen atoms in total. The van der Waals surface area contributed by atoms with Crippen molar-refractivity contribution in [3.8, 4) is 11.3 Å². The van der Waals surface area contributed by atoms with Crippen LogP contribution < -0.4 is 5.32 Å². The molecule has 1 unspecified atom stereocenters. The summed E-state index contributed by atoms with van der Waals surface area (Å²) >= 11 is 5.99. The fourth-order valence-corrected chi connectivity index (χ4v) is 5.23. The Labute approximate surface area is 174 Å². The van der Waals surface area contributed by atoms with Crippen molar-refractivity contribution in [2.75, 3.05) is 11.5 Å². The van der Waals surface area contributed by atoms with Crippen LogP contribution in [0, 0.1) is 0 Å². The maximum atomic E-state index is 13.0. The maximum absolute atomic E-state index is 13.0. The summed E-state index contributed by atoms with van der Waals surface area (Å²) in [7, 11) is -3.08. The first-order valence-corrected chi connectivity index (χ1v) is 11.5. The van der Waals surface area contributed by atoms with E-state index in [1.54, 1.807) is 23.0 Å². The summed E-state index contributed by atoms with van der Waals surface area (Å²) in [4.78, 5) is 13.0. The van der Waals surface area contributed by atoms with Crippen molar-refractivity contribution in [2.24, 2.45) is 0 Å². The van der Waals surface area contributed by atoms with Crippen LogP contribution in [-0.4, -0.2) is 41.7 Å². The van der Waals surface area contributed by atoms with Crippen LogP contribution in [0.1, 0.15) is 22.3 Å². The van der Waals surface area contributed by atoms with Crippen molar-refractivity contribution in [1.82, 2.24) is 15.1 Å². The minimum Gasteiger partial charge on any atom is -0.348 e. The lowest BCUT2D eigenvalue weighted by atomic mass is 10.1. The molecule has 0 spiro atoms. The maximum Gasteiger partial charge on any atom is 0.255 e. The lowest BCUT2D eigenvalue weighted by molar-refractivity contribution is 0.0941. The minimum absolute atomic E-state index is 0.0207. The Hall–Kier alpha value is -2.64. The number of carbonyl (C=O) groups is 1. The van der Waals surface area contributed by atoms with Crippen LogP contribution in [0.2, 0.25) is 5.02 Å². The van der Waals surface area contributed by atoms with Crippen molar-refractivity contribution in [3.63, 3.8) is 0 Å². The summed E-state index contributed by atoms with van der Waals surface area (Å²) < 4.78 is 25.1. The molecule has 2 heterocycles. The Morgan fingerprint density at radius 3 is 2.52 bits per heavy atom. The van der Waals surface area contributed by atoms with E-state index in [0.717, 1.165) is 11.1 Å². The molecule has 1 aromatic heterocycles. The van der Waals surface area contributed by atoms with Gasteiger partial charge in [-0.05, 0) is 24.1 Å². The molecule has 0 radical (unpaired) electrons. The van der Waals surface area contributed by atoms with Gasteiger partial charge in [0.1, 0.15) is 5.69 Å². The summed E-state index contributed by atoms with van der Waals surface area (Å²) in [6.07, 6.45) is 2.14. The van der Waals surface area contributed by atoms with Crippen molar-refractivity contribution in [2.45, 2.75) is 19.0 Å². The first-order valence-electron chi connectivity index (χ1n) is 9.28. The topological polar surface area (TPSA) is 81.1 Å². The van der Waals surface area contributed by atoms with Gasteiger partial charge in [-0.25, -0.2) is 8.42 Å². The monoisotopic (exact) mass is 429 g/mol. The molecule has 1 amide bonds. The average molecular weight is 430 g/mol.